The molecule has 2 aromatic heterocycles. The summed E-state index contributed by atoms with van der Waals surface area (Å²) in [6.45, 7) is 5.65. The molecular weight excluding hydrogens is 344 g/mol. The zero-order valence-corrected chi connectivity index (χ0v) is 16.4. The first-order valence-electron chi connectivity index (χ1n) is 10.5. The topological polar surface area (TPSA) is 24.3 Å². The summed E-state index contributed by atoms with van der Waals surface area (Å²) in [7, 11) is 0. The number of fused-ring (bicyclic) bond motifs is 1. The molecule has 1 fully saturated rings. The standard InChI is InChI=1S/C24H28N4/c1-2-8-21-17-27(16-12-20(21)7-1)22-9-5-14-26(18-22)19-23-10-6-15-28(23)24-11-3-4-13-25-24/h1-4,6-8,10-11,13,15,22H,5,9,12,14,16-19H2. The van der Waals surface area contributed by atoms with Crippen molar-refractivity contribution >= 4 is 0 Å². The maximum Gasteiger partial charge on any atom is 0.136 e. The van der Waals surface area contributed by atoms with E-state index in [-0.39, 0.29) is 0 Å². The summed E-state index contributed by atoms with van der Waals surface area (Å²) in [5.41, 5.74) is 4.39. The largest absolute Gasteiger partial charge is 0.304 e. The predicted molar refractivity (Wildman–Crippen MR) is 112 cm³/mol. The Morgan fingerprint density at radius 1 is 0.929 bits per heavy atom. The molecule has 4 heteroatoms. The minimum atomic E-state index is 0.667. The highest BCUT2D eigenvalue weighted by Crippen LogP contribution is 2.25. The Bertz CT molecular complexity index is 917. The molecule has 4 heterocycles. The Morgan fingerprint density at radius 2 is 1.82 bits per heavy atom. The molecule has 1 unspecified atom stereocenters. The Kier molecular flexibility index (Phi) is 4.98. The van der Waals surface area contributed by atoms with Crippen molar-refractivity contribution in [2.24, 2.45) is 0 Å². The Morgan fingerprint density at radius 3 is 2.71 bits per heavy atom. The third kappa shape index (κ3) is 3.62. The van der Waals surface area contributed by atoms with E-state index >= 15 is 0 Å². The SMILES string of the molecule is c1ccc(-n2cccc2CN2CCCC(N3CCc4ccccc4C3)C2)nc1. The van der Waals surface area contributed by atoms with Crippen molar-refractivity contribution in [3.8, 4) is 5.82 Å². The van der Waals surface area contributed by atoms with Crippen LogP contribution in [0.3, 0.4) is 0 Å². The number of pyridine rings is 1. The molecule has 0 bridgehead atoms. The Hall–Kier alpha value is -2.43. The van der Waals surface area contributed by atoms with E-state index in [1.54, 1.807) is 5.56 Å². The van der Waals surface area contributed by atoms with Gasteiger partial charge in [-0.15, -0.1) is 0 Å². The van der Waals surface area contributed by atoms with E-state index in [0.717, 1.165) is 25.5 Å². The Labute approximate surface area is 167 Å². The van der Waals surface area contributed by atoms with Crippen LogP contribution in [0.5, 0.6) is 0 Å². The van der Waals surface area contributed by atoms with E-state index in [1.165, 1.54) is 43.6 Å². The first-order chi connectivity index (χ1) is 13.9. The Balaban J connectivity index is 1.27. The number of hydrogen-bond acceptors (Lipinski definition) is 3. The minimum absolute atomic E-state index is 0.667. The van der Waals surface area contributed by atoms with Crippen molar-refractivity contribution in [1.29, 1.82) is 0 Å². The van der Waals surface area contributed by atoms with Gasteiger partial charge in [0.1, 0.15) is 5.82 Å². The molecule has 4 nitrogen and oxygen atoms in total. The molecule has 1 atom stereocenters. The molecule has 0 spiro atoms. The maximum absolute atomic E-state index is 4.52. The van der Waals surface area contributed by atoms with Crippen LogP contribution < -0.4 is 0 Å². The molecular formula is C24H28N4. The van der Waals surface area contributed by atoms with Crippen LogP contribution in [0.2, 0.25) is 0 Å². The monoisotopic (exact) mass is 372 g/mol. The third-order valence-corrected chi connectivity index (χ3v) is 6.27. The van der Waals surface area contributed by atoms with Gasteiger partial charge in [-0.1, -0.05) is 30.3 Å². The second-order valence-corrected chi connectivity index (χ2v) is 8.08. The van der Waals surface area contributed by atoms with E-state index < -0.39 is 0 Å². The average Bonchev–Trinajstić information content (AvgIpc) is 3.22. The number of hydrogen-bond donors (Lipinski definition) is 0. The van der Waals surface area contributed by atoms with Crippen molar-refractivity contribution in [3.63, 3.8) is 0 Å². The van der Waals surface area contributed by atoms with Gasteiger partial charge in [0.25, 0.3) is 0 Å². The zero-order chi connectivity index (χ0) is 18.8. The van der Waals surface area contributed by atoms with Crippen LogP contribution >= 0.6 is 0 Å². The highest BCUT2D eigenvalue weighted by molar-refractivity contribution is 5.29. The number of benzene rings is 1. The highest BCUT2D eigenvalue weighted by atomic mass is 15.2. The molecule has 1 saturated heterocycles. The summed E-state index contributed by atoms with van der Waals surface area (Å²) in [6.07, 6.45) is 7.78. The maximum atomic E-state index is 4.52. The smallest absolute Gasteiger partial charge is 0.136 e. The normalized spacial score (nSPS) is 20.8. The molecule has 28 heavy (non-hydrogen) atoms. The van der Waals surface area contributed by atoms with Gasteiger partial charge in [0, 0.05) is 50.3 Å². The number of rotatable bonds is 4. The van der Waals surface area contributed by atoms with Gasteiger partial charge >= 0.3 is 0 Å². The minimum Gasteiger partial charge on any atom is -0.304 e. The fourth-order valence-corrected chi connectivity index (χ4v) is 4.80. The predicted octanol–water partition coefficient (Wildman–Crippen LogP) is 3.90. The van der Waals surface area contributed by atoms with Crippen molar-refractivity contribution in [3.05, 3.63) is 83.8 Å². The number of nitrogens with zero attached hydrogens (tertiary/aromatic N) is 4. The van der Waals surface area contributed by atoms with Gasteiger partial charge < -0.3 is 4.57 Å². The van der Waals surface area contributed by atoms with Gasteiger partial charge in [-0.25, -0.2) is 4.98 Å². The molecule has 0 saturated carbocycles. The molecule has 2 aliphatic heterocycles. The van der Waals surface area contributed by atoms with Crippen LogP contribution in [0.15, 0.2) is 67.0 Å². The molecule has 5 rings (SSSR count). The average molecular weight is 373 g/mol. The van der Waals surface area contributed by atoms with E-state index in [2.05, 4.69) is 74.1 Å². The molecule has 3 aromatic rings. The quantitative estimate of drug-likeness (QED) is 0.694. The third-order valence-electron chi connectivity index (χ3n) is 6.27. The summed E-state index contributed by atoms with van der Waals surface area (Å²) in [5, 5.41) is 0. The molecule has 2 aliphatic rings. The van der Waals surface area contributed by atoms with E-state index in [0.29, 0.717) is 6.04 Å². The van der Waals surface area contributed by atoms with Crippen molar-refractivity contribution in [2.45, 2.75) is 38.4 Å². The second kappa shape index (κ2) is 7.90. The van der Waals surface area contributed by atoms with Crippen molar-refractivity contribution < 1.29 is 0 Å². The van der Waals surface area contributed by atoms with Crippen molar-refractivity contribution in [2.75, 3.05) is 19.6 Å². The van der Waals surface area contributed by atoms with Crippen LogP contribution in [0, 0.1) is 0 Å². The molecule has 144 valence electrons. The second-order valence-electron chi connectivity index (χ2n) is 8.08. The van der Waals surface area contributed by atoms with Gasteiger partial charge in [-0.05, 0) is 61.2 Å². The van der Waals surface area contributed by atoms with Crippen LogP contribution in [0.4, 0.5) is 0 Å². The molecule has 0 N–H and O–H groups in total. The molecule has 0 amide bonds. The lowest BCUT2D eigenvalue weighted by Gasteiger charge is -2.41. The van der Waals surface area contributed by atoms with Crippen LogP contribution in [0.25, 0.3) is 5.82 Å². The van der Waals surface area contributed by atoms with Crippen molar-refractivity contribution in [1.82, 2.24) is 19.4 Å². The fraction of sp³-hybridized carbons (Fsp3) is 0.375. The summed E-state index contributed by atoms with van der Waals surface area (Å²) in [5.74, 6) is 1.00. The number of piperidine rings is 1. The van der Waals surface area contributed by atoms with Crippen LogP contribution in [-0.2, 0) is 19.5 Å². The summed E-state index contributed by atoms with van der Waals surface area (Å²) in [6, 6.07) is 20.1. The summed E-state index contributed by atoms with van der Waals surface area (Å²) < 4.78 is 2.22. The lowest BCUT2D eigenvalue weighted by atomic mass is 9.96. The van der Waals surface area contributed by atoms with Gasteiger partial charge in [0.2, 0.25) is 0 Å². The van der Waals surface area contributed by atoms with Gasteiger partial charge in [0.05, 0.1) is 0 Å². The first-order valence-corrected chi connectivity index (χ1v) is 10.5. The molecule has 1 aromatic carbocycles. The van der Waals surface area contributed by atoms with Crippen LogP contribution in [0.1, 0.15) is 29.7 Å². The van der Waals surface area contributed by atoms with Crippen LogP contribution in [-0.4, -0.2) is 45.0 Å². The summed E-state index contributed by atoms with van der Waals surface area (Å²) in [4.78, 5) is 9.86. The molecule has 0 aliphatic carbocycles. The van der Waals surface area contributed by atoms with Gasteiger partial charge in [-0.3, -0.25) is 9.80 Å². The zero-order valence-electron chi connectivity index (χ0n) is 16.4. The van der Waals surface area contributed by atoms with E-state index in [4.69, 9.17) is 0 Å². The van der Waals surface area contributed by atoms with Gasteiger partial charge in [-0.2, -0.15) is 0 Å². The number of likely N-dealkylation sites (tertiary alicyclic amines) is 1. The van der Waals surface area contributed by atoms with E-state index in [1.807, 2.05) is 12.3 Å². The number of aromatic nitrogens is 2. The van der Waals surface area contributed by atoms with E-state index in [9.17, 15) is 0 Å². The summed E-state index contributed by atoms with van der Waals surface area (Å²) >= 11 is 0. The highest BCUT2D eigenvalue weighted by Gasteiger charge is 2.28. The first kappa shape index (κ1) is 17.7. The lowest BCUT2D eigenvalue weighted by molar-refractivity contribution is 0.0829. The van der Waals surface area contributed by atoms with Gasteiger partial charge in [0.15, 0.2) is 0 Å². The molecule has 0 radical (unpaired) electrons. The lowest BCUT2D eigenvalue weighted by Crippen LogP contribution is -2.49. The fourth-order valence-electron chi connectivity index (χ4n) is 4.80.